The first kappa shape index (κ1) is 13.8. The van der Waals surface area contributed by atoms with E-state index in [0.29, 0.717) is 19.4 Å². The standard InChI is InChI=1S/C6H15N4O4Si/c7-4(5(11)14-15(12)13)2-1-3-10-6(8)9/h4,12-13H,1-3,7H2,(H4,8,9,10)/t4-/m0/s1. The molecule has 0 aromatic carbocycles. The Morgan fingerprint density at radius 1 is 1.47 bits per heavy atom. The molecule has 0 saturated heterocycles. The molecule has 8 N–H and O–H groups in total. The minimum Gasteiger partial charge on any atom is -0.470 e. The van der Waals surface area contributed by atoms with Gasteiger partial charge in [0.2, 0.25) is 0 Å². The van der Waals surface area contributed by atoms with Crippen molar-refractivity contribution in [2.75, 3.05) is 6.54 Å². The van der Waals surface area contributed by atoms with E-state index < -0.39 is 21.5 Å². The fourth-order valence-corrected chi connectivity index (χ4v) is 1.13. The van der Waals surface area contributed by atoms with Crippen molar-refractivity contribution in [2.45, 2.75) is 18.9 Å². The third-order valence-electron chi connectivity index (χ3n) is 1.46. The van der Waals surface area contributed by atoms with Crippen molar-refractivity contribution >= 4 is 21.5 Å². The molecule has 0 aliphatic carbocycles. The molecule has 0 bridgehead atoms. The summed E-state index contributed by atoms with van der Waals surface area (Å²) in [6.07, 6.45) is 0.817. The highest BCUT2D eigenvalue weighted by Crippen LogP contribution is 1.97. The van der Waals surface area contributed by atoms with E-state index in [-0.39, 0.29) is 5.96 Å². The topological polar surface area (TPSA) is 157 Å². The van der Waals surface area contributed by atoms with E-state index >= 15 is 0 Å². The third kappa shape index (κ3) is 7.87. The second kappa shape index (κ2) is 7.17. The second-order valence-corrected chi connectivity index (χ2v) is 3.53. The molecule has 0 aliphatic heterocycles. The first-order chi connectivity index (χ1) is 6.93. The Bertz CT molecular complexity index is 231. The molecule has 15 heavy (non-hydrogen) atoms. The summed E-state index contributed by atoms with van der Waals surface area (Å²) in [5.41, 5.74) is 15.5. The summed E-state index contributed by atoms with van der Waals surface area (Å²) in [5.74, 6) is -0.860. The molecule has 0 rings (SSSR count). The Morgan fingerprint density at radius 3 is 2.53 bits per heavy atom. The lowest BCUT2D eigenvalue weighted by Crippen LogP contribution is -2.36. The highest BCUT2D eigenvalue weighted by molar-refractivity contribution is 6.35. The Hall–Kier alpha value is -1.16. The lowest BCUT2D eigenvalue weighted by molar-refractivity contribution is -0.138. The van der Waals surface area contributed by atoms with Crippen LogP contribution in [-0.2, 0) is 9.22 Å². The maximum absolute atomic E-state index is 11.0. The van der Waals surface area contributed by atoms with Crippen LogP contribution in [0.5, 0.6) is 0 Å². The highest BCUT2D eigenvalue weighted by Gasteiger charge is 2.20. The van der Waals surface area contributed by atoms with Gasteiger partial charge < -0.3 is 31.2 Å². The summed E-state index contributed by atoms with van der Waals surface area (Å²) in [5, 5.41) is 0. The SMILES string of the molecule is NC(N)=NCCC[C@H](N)C(=O)O[Si](O)O. The first-order valence-electron chi connectivity index (χ1n) is 4.21. The van der Waals surface area contributed by atoms with E-state index in [2.05, 4.69) is 9.42 Å². The molecule has 1 atom stereocenters. The van der Waals surface area contributed by atoms with Crippen molar-refractivity contribution in [3.63, 3.8) is 0 Å². The zero-order chi connectivity index (χ0) is 11.8. The van der Waals surface area contributed by atoms with Gasteiger partial charge in [-0.15, -0.1) is 0 Å². The molecule has 87 valence electrons. The van der Waals surface area contributed by atoms with Crippen molar-refractivity contribution < 1.29 is 18.8 Å². The molecule has 0 saturated carbocycles. The lowest BCUT2D eigenvalue weighted by atomic mass is 10.2. The maximum Gasteiger partial charge on any atom is 0.652 e. The van der Waals surface area contributed by atoms with Gasteiger partial charge in [-0.25, -0.2) is 0 Å². The summed E-state index contributed by atoms with van der Waals surface area (Å²) < 4.78 is 4.15. The maximum atomic E-state index is 11.0. The van der Waals surface area contributed by atoms with Crippen LogP contribution in [0.15, 0.2) is 4.99 Å². The van der Waals surface area contributed by atoms with Gasteiger partial charge >= 0.3 is 15.5 Å². The number of rotatable bonds is 6. The van der Waals surface area contributed by atoms with Crippen molar-refractivity contribution in [3.05, 3.63) is 0 Å². The summed E-state index contributed by atoms with van der Waals surface area (Å²) in [6, 6.07) is -0.890. The Balaban J connectivity index is 3.69. The number of hydrogen-bond acceptors (Lipinski definition) is 6. The van der Waals surface area contributed by atoms with Crippen LogP contribution in [0, 0.1) is 0 Å². The van der Waals surface area contributed by atoms with Crippen molar-refractivity contribution in [1.29, 1.82) is 0 Å². The fourth-order valence-electron chi connectivity index (χ4n) is 0.803. The van der Waals surface area contributed by atoms with Gasteiger partial charge in [-0.2, -0.15) is 0 Å². The average Bonchev–Trinajstić information content (AvgIpc) is 2.10. The van der Waals surface area contributed by atoms with Crippen LogP contribution in [0.4, 0.5) is 0 Å². The van der Waals surface area contributed by atoms with Gasteiger partial charge in [0.1, 0.15) is 6.04 Å². The van der Waals surface area contributed by atoms with Crippen molar-refractivity contribution in [3.8, 4) is 0 Å². The average molecular weight is 235 g/mol. The second-order valence-electron chi connectivity index (χ2n) is 2.76. The van der Waals surface area contributed by atoms with Gasteiger partial charge in [0, 0.05) is 6.54 Å². The molecule has 0 fully saturated rings. The minimum atomic E-state index is -3.02. The molecular weight excluding hydrogens is 220 g/mol. The number of guanidine groups is 1. The molecule has 0 unspecified atom stereocenters. The first-order valence-corrected chi connectivity index (χ1v) is 5.51. The number of hydrogen-bond donors (Lipinski definition) is 5. The zero-order valence-corrected chi connectivity index (χ0v) is 9.09. The molecule has 0 spiro atoms. The van der Waals surface area contributed by atoms with Gasteiger partial charge in [0.25, 0.3) is 0 Å². The minimum absolute atomic E-state index is 0.0256. The zero-order valence-electron chi connectivity index (χ0n) is 8.09. The summed E-state index contributed by atoms with van der Waals surface area (Å²) in [4.78, 5) is 31.5. The Labute approximate surface area is 88.7 Å². The van der Waals surface area contributed by atoms with E-state index in [1.54, 1.807) is 0 Å². The van der Waals surface area contributed by atoms with Crippen LogP contribution in [0.3, 0.4) is 0 Å². The summed E-state index contributed by atoms with van der Waals surface area (Å²) >= 11 is 0. The van der Waals surface area contributed by atoms with Gasteiger partial charge in [-0.3, -0.25) is 9.79 Å². The molecule has 0 aliphatic rings. The van der Waals surface area contributed by atoms with Gasteiger partial charge in [-0.1, -0.05) is 0 Å². The quantitative estimate of drug-likeness (QED) is 0.141. The van der Waals surface area contributed by atoms with Crippen LogP contribution in [0.1, 0.15) is 12.8 Å². The Kier molecular flexibility index (Phi) is 6.62. The molecule has 1 radical (unpaired) electrons. The molecule has 9 heteroatoms. The normalized spacial score (nSPS) is 12.3. The van der Waals surface area contributed by atoms with E-state index in [4.69, 9.17) is 26.8 Å². The van der Waals surface area contributed by atoms with E-state index in [9.17, 15) is 4.79 Å². The van der Waals surface area contributed by atoms with Gasteiger partial charge in [0.05, 0.1) is 0 Å². The molecular formula is C6H15N4O4Si. The number of carbonyl (C=O) groups is 1. The number of carbonyl (C=O) groups excluding carboxylic acids is 1. The Morgan fingerprint density at radius 2 is 2.07 bits per heavy atom. The number of nitrogens with zero attached hydrogens (tertiary/aromatic N) is 1. The molecule has 0 aromatic rings. The van der Waals surface area contributed by atoms with E-state index in [0.717, 1.165) is 0 Å². The van der Waals surface area contributed by atoms with Crippen LogP contribution >= 0.6 is 0 Å². The molecule has 0 heterocycles. The van der Waals surface area contributed by atoms with E-state index in [1.807, 2.05) is 0 Å². The van der Waals surface area contributed by atoms with Gasteiger partial charge in [-0.05, 0) is 12.8 Å². The van der Waals surface area contributed by atoms with Crippen LogP contribution < -0.4 is 17.2 Å². The molecule has 8 nitrogen and oxygen atoms in total. The van der Waals surface area contributed by atoms with Crippen molar-refractivity contribution in [2.24, 2.45) is 22.2 Å². The van der Waals surface area contributed by atoms with Crippen LogP contribution in [0.25, 0.3) is 0 Å². The lowest BCUT2D eigenvalue weighted by Gasteiger charge is -2.09. The highest BCUT2D eigenvalue weighted by atomic mass is 28.3. The predicted molar refractivity (Wildman–Crippen MR) is 54.2 cm³/mol. The number of aliphatic imine (C=N–C) groups is 1. The summed E-state index contributed by atoms with van der Waals surface area (Å²) in [7, 11) is -3.02. The monoisotopic (exact) mass is 235 g/mol. The number of nitrogens with two attached hydrogens (primary N) is 3. The predicted octanol–water partition coefficient (Wildman–Crippen LogP) is -3.12. The molecule has 0 aromatic heterocycles. The largest absolute Gasteiger partial charge is 0.652 e. The van der Waals surface area contributed by atoms with Crippen LogP contribution in [0.2, 0.25) is 0 Å². The smallest absolute Gasteiger partial charge is 0.470 e. The van der Waals surface area contributed by atoms with Crippen molar-refractivity contribution in [1.82, 2.24) is 0 Å². The van der Waals surface area contributed by atoms with Gasteiger partial charge in [0.15, 0.2) is 5.96 Å². The van der Waals surface area contributed by atoms with E-state index in [1.165, 1.54) is 0 Å². The molecule has 0 amide bonds. The fraction of sp³-hybridized carbons (Fsp3) is 0.667. The third-order valence-corrected chi connectivity index (χ3v) is 1.85. The summed E-state index contributed by atoms with van der Waals surface area (Å²) in [6.45, 7) is 0.360. The van der Waals surface area contributed by atoms with Crippen LogP contribution in [-0.4, -0.2) is 43.6 Å².